The molecule has 3 aromatic rings. The first kappa shape index (κ1) is 20.0. The number of rotatable bonds is 4. The fourth-order valence-electron chi connectivity index (χ4n) is 2.61. The number of halogens is 5. The number of alkyl halides is 3. The van der Waals surface area contributed by atoms with E-state index in [0.29, 0.717) is 16.3 Å². The number of aliphatic hydroxyl groups is 1. The second-order valence-corrected chi connectivity index (χ2v) is 6.39. The van der Waals surface area contributed by atoms with E-state index in [9.17, 15) is 27.5 Å². The summed E-state index contributed by atoms with van der Waals surface area (Å²) in [7, 11) is 0. The Labute approximate surface area is 161 Å². The maximum atomic E-state index is 13.6. The third kappa shape index (κ3) is 4.23. The summed E-state index contributed by atoms with van der Waals surface area (Å²) in [5, 5.41) is 14.1. The smallest absolute Gasteiger partial charge is 0.386 e. The number of nitrogens with zero attached hydrogens (tertiary/aromatic N) is 2. The zero-order valence-electron chi connectivity index (χ0n) is 14.1. The molecular weight excluding hydrogens is 400 g/mol. The van der Waals surface area contributed by atoms with Crippen LogP contribution in [0, 0.1) is 5.82 Å². The molecule has 0 spiro atoms. The summed E-state index contributed by atoms with van der Waals surface area (Å²) in [6, 6.07) is 12.1. The number of hydrogen-bond donors (Lipinski definition) is 1. The lowest BCUT2D eigenvalue weighted by molar-refractivity contribution is -0.139. The summed E-state index contributed by atoms with van der Waals surface area (Å²) in [5.74, 6) is -0.799. The van der Waals surface area contributed by atoms with Crippen LogP contribution in [-0.2, 0) is 12.7 Å². The van der Waals surface area contributed by atoms with Crippen LogP contribution in [0.4, 0.5) is 17.6 Å². The monoisotopic (exact) mass is 412 g/mol. The topological polar surface area (TPSA) is 55.1 Å². The second kappa shape index (κ2) is 7.73. The minimum atomic E-state index is -4.90. The van der Waals surface area contributed by atoms with Crippen molar-refractivity contribution in [3.05, 3.63) is 86.9 Å². The molecule has 0 aliphatic heterocycles. The molecule has 1 heterocycles. The molecule has 0 fully saturated rings. The van der Waals surface area contributed by atoms with Crippen molar-refractivity contribution in [3.8, 4) is 11.3 Å². The van der Waals surface area contributed by atoms with Gasteiger partial charge >= 0.3 is 6.18 Å². The molecule has 2 aromatic carbocycles. The fourth-order valence-corrected chi connectivity index (χ4v) is 2.73. The van der Waals surface area contributed by atoms with Gasteiger partial charge in [0, 0.05) is 5.56 Å². The fraction of sp³-hybridized carbons (Fsp3) is 0.158. The molecule has 28 heavy (non-hydrogen) atoms. The quantitative estimate of drug-likeness (QED) is 0.644. The van der Waals surface area contributed by atoms with Gasteiger partial charge in [0.1, 0.15) is 11.4 Å². The lowest BCUT2D eigenvalue weighted by Gasteiger charge is -2.16. The van der Waals surface area contributed by atoms with Crippen molar-refractivity contribution in [2.45, 2.75) is 18.8 Å². The van der Waals surface area contributed by atoms with Crippen LogP contribution in [0.25, 0.3) is 11.3 Å². The molecule has 0 saturated heterocycles. The summed E-state index contributed by atoms with van der Waals surface area (Å²) in [6.45, 7) is -0.594. The third-order valence-corrected chi connectivity index (χ3v) is 4.33. The molecule has 0 saturated carbocycles. The van der Waals surface area contributed by atoms with Gasteiger partial charge in [0.15, 0.2) is 0 Å². The van der Waals surface area contributed by atoms with Crippen LogP contribution in [0.3, 0.4) is 0 Å². The molecule has 1 unspecified atom stereocenters. The van der Waals surface area contributed by atoms with E-state index < -0.39 is 35.8 Å². The Hall–Kier alpha value is -2.71. The van der Waals surface area contributed by atoms with E-state index in [-0.39, 0.29) is 16.3 Å². The van der Waals surface area contributed by atoms with E-state index >= 15 is 0 Å². The van der Waals surface area contributed by atoms with Crippen LogP contribution >= 0.6 is 11.6 Å². The third-order valence-electron chi connectivity index (χ3n) is 4.02. The summed E-state index contributed by atoms with van der Waals surface area (Å²) in [5.41, 5.74) is -2.47. The van der Waals surface area contributed by atoms with Crippen molar-refractivity contribution < 1.29 is 22.7 Å². The molecule has 9 heteroatoms. The minimum Gasteiger partial charge on any atom is -0.386 e. The van der Waals surface area contributed by atoms with Crippen LogP contribution in [0.5, 0.6) is 0 Å². The van der Waals surface area contributed by atoms with Gasteiger partial charge in [-0.15, -0.1) is 0 Å². The highest BCUT2D eigenvalue weighted by Gasteiger charge is 2.36. The van der Waals surface area contributed by atoms with Crippen molar-refractivity contribution in [1.29, 1.82) is 0 Å². The van der Waals surface area contributed by atoms with Gasteiger partial charge in [-0.2, -0.15) is 18.3 Å². The highest BCUT2D eigenvalue weighted by molar-refractivity contribution is 6.30. The summed E-state index contributed by atoms with van der Waals surface area (Å²) in [4.78, 5) is 12.3. The highest BCUT2D eigenvalue weighted by atomic mass is 35.5. The molecule has 0 amide bonds. The van der Waals surface area contributed by atoms with Crippen LogP contribution < -0.4 is 5.56 Å². The largest absolute Gasteiger partial charge is 0.421 e. The van der Waals surface area contributed by atoms with Gasteiger partial charge in [-0.05, 0) is 23.8 Å². The molecule has 0 aliphatic rings. The van der Waals surface area contributed by atoms with Gasteiger partial charge in [0.25, 0.3) is 5.56 Å². The highest BCUT2D eigenvalue weighted by Crippen LogP contribution is 2.29. The van der Waals surface area contributed by atoms with E-state index in [2.05, 4.69) is 5.10 Å². The van der Waals surface area contributed by atoms with Crippen molar-refractivity contribution in [1.82, 2.24) is 9.78 Å². The standard InChI is InChI=1S/C19H13ClF4N2O2/c20-14-7-6-12(8-15(14)21)17(27)10-26-18(28)13(19(22,23)24)9-16(25-26)11-4-2-1-3-5-11/h1-9,17,27H,10H2. The van der Waals surface area contributed by atoms with Gasteiger partial charge in [-0.1, -0.05) is 48.0 Å². The molecule has 0 bridgehead atoms. The first-order chi connectivity index (χ1) is 13.2. The van der Waals surface area contributed by atoms with Gasteiger partial charge in [-0.3, -0.25) is 4.79 Å². The molecule has 1 N–H and O–H groups in total. The predicted octanol–water partition coefficient (Wildman–Crippen LogP) is 4.46. The van der Waals surface area contributed by atoms with E-state index in [4.69, 9.17) is 11.6 Å². The molecular formula is C19H13ClF4N2O2. The Kier molecular flexibility index (Phi) is 5.53. The molecule has 4 nitrogen and oxygen atoms in total. The predicted molar refractivity (Wildman–Crippen MR) is 95.3 cm³/mol. The first-order valence-electron chi connectivity index (χ1n) is 8.04. The van der Waals surface area contributed by atoms with Crippen molar-refractivity contribution in [2.24, 2.45) is 0 Å². The molecule has 1 aromatic heterocycles. The SMILES string of the molecule is O=c1c(C(F)(F)F)cc(-c2ccccc2)nn1CC(O)c1ccc(Cl)c(F)c1. The Morgan fingerprint density at radius 1 is 1.11 bits per heavy atom. The van der Waals surface area contributed by atoms with E-state index in [1.54, 1.807) is 30.3 Å². The Morgan fingerprint density at radius 3 is 2.39 bits per heavy atom. The molecule has 3 rings (SSSR count). The summed E-state index contributed by atoms with van der Waals surface area (Å²) in [6.07, 6.45) is -6.37. The molecule has 0 aliphatic carbocycles. The minimum absolute atomic E-state index is 0.0503. The maximum Gasteiger partial charge on any atom is 0.421 e. The van der Waals surface area contributed by atoms with Crippen molar-refractivity contribution in [3.63, 3.8) is 0 Å². The van der Waals surface area contributed by atoms with Crippen LogP contribution in [-0.4, -0.2) is 14.9 Å². The number of hydrogen-bond acceptors (Lipinski definition) is 3. The van der Waals surface area contributed by atoms with Gasteiger partial charge in [0.2, 0.25) is 0 Å². The average Bonchev–Trinajstić information content (AvgIpc) is 2.65. The average molecular weight is 413 g/mol. The number of benzene rings is 2. The first-order valence-corrected chi connectivity index (χ1v) is 8.42. The van der Waals surface area contributed by atoms with Gasteiger partial charge < -0.3 is 5.11 Å². The van der Waals surface area contributed by atoms with Gasteiger partial charge in [0.05, 0.1) is 23.4 Å². The molecule has 1 atom stereocenters. The maximum absolute atomic E-state index is 13.6. The van der Waals surface area contributed by atoms with Crippen molar-refractivity contribution in [2.75, 3.05) is 0 Å². The summed E-state index contributed by atoms with van der Waals surface area (Å²) >= 11 is 5.58. The normalized spacial score (nSPS) is 12.8. The van der Waals surface area contributed by atoms with Crippen LogP contribution in [0.15, 0.2) is 59.4 Å². The Morgan fingerprint density at radius 2 is 1.79 bits per heavy atom. The van der Waals surface area contributed by atoms with Crippen LogP contribution in [0.1, 0.15) is 17.2 Å². The van der Waals surface area contributed by atoms with Crippen LogP contribution in [0.2, 0.25) is 5.02 Å². The zero-order valence-corrected chi connectivity index (χ0v) is 14.9. The van der Waals surface area contributed by atoms with Gasteiger partial charge in [-0.25, -0.2) is 9.07 Å². The van der Waals surface area contributed by atoms with E-state index in [1.165, 1.54) is 12.1 Å². The zero-order chi connectivity index (χ0) is 20.5. The number of aromatic nitrogens is 2. The molecule has 0 radical (unpaired) electrons. The van der Waals surface area contributed by atoms with E-state index in [0.717, 1.165) is 6.07 Å². The lowest BCUT2D eigenvalue weighted by Crippen LogP contribution is -2.32. The lowest BCUT2D eigenvalue weighted by atomic mass is 10.1. The number of aliphatic hydroxyl groups excluding tert-OH is 1. The second-order valence-electron chi connectivity index (χ2n) is 5.98. The molecule has 146 valence electrons. The Bertz CT molecular complexity index is 1050. The Balaban J connectivity index is 2.06. The van der Waals surface area contributed by atoms with Crippen molar-refractivity contribution >= 4 is 11.6 Å². The summed E-state index contributed by atoms with van der Waals surface area (Å²) < 4.78 is 54.1. The van der Waals surface area contributed by atoms with E-state index in [1.807, 2.05) is 0 Å².